The van der Waals surface area contributed by atoms with Crippen LogP contribution in [0.1, 0.15) is 25.0 Å². The first-order chi connectivity index (χ1) is 15.7. The van der Waals surface area contributed by atoms with E-state index < -0.39 is 35.1 Å². The Bertz CT molecular complexity index is 1160. The molecule has 0 unspecified atom stereocenters. The summed E-state index contributed by atoms with van der Waals surface area (Å²) in [5, 5.41) is 26.6. The van der Waals surface area contributed by atoms with Crippen LogP contribution in [0.4, 0.5) is 16.2 Å². The molecule has 0 saturated carbocycles. The zero-order valence-corrected chi connectivity index (χ0v) is 18.0. The average Bonchev–Trinajstić information content (AvgIpc) is 3.04. The zero-order valence-electron chi connectivity index (χ0n) is 18.0. The van der Waals surface area contributed by atoms with Crippen LogP contribution in [0.5, 0.6) is 11.5 Å². The molecule has 4 amide bonds. The number of rotatable bonds is 8. The number of non-ortho nitro benzene ring substituents is 1. The van der Waals surface area contributed by atoms with Crippen molar-refractivity contribution in [3.05, 3.63) is 63.3 Å². The molecule has 1 fully saturated rings. The van der Waals surface area contributed by atoms with Gasteiger partial charge in [0.05, 0.1) is 17.6 Å². The van der Waals surface area contributed by atoms with Gasteiger partial charge in [0.1, 0.15) is 12.2 Å². The fourth-order valence-corrected chi connectivity index (χ4v) is 3.25. The van der Waals surface area contributed by atoms with Crippen LogP contribution < -0.4 is 15.4 Å². The molecule has 1 aliphatic heterocycles. The monoisotopic (exact) mass is 454 g/mol. The molecule has 0 atom stereocenters. The van der Waals surface area contributed by atoms with Gasteiger partial charge in [0, 0.05) is 17.3 Å². The van der Waals surface area contributed by atoms with Gasteiger partial charge >= 0.3 is 6.03 Å². The van der Waals surface area contributed by atoms with E-state index in [0.717, 1.165) is 23.8 Å². The van der Waals surface area contributed by atoms with Crippen LogP contribution in [0.3, 0.4) is 0 Å². The number of phenols is 1. The number of urea groups is 1. The van der Waals surface area contributed by atoms with E-state index in [1.807, 2.05) is 19.1 Å². The number of carbonyl (C=O) groups excluding carboxylic acids is 3. The lowest BCUT2D eigenvalue weighted by Crippen LogP contribution is -2.38. The molecule has 1 heterocycles. The normalized spacial score (nSPS) is 14.4. The maximum absolute atomic E-state index is 12.7. The average molecular weight is 454 g/mol. The standard InChI is InChI=1S/C22H22N4O7/c1-3-13-7-5-6-8-16(13)23-19(27)12-25-21(29)17(24-22(25)30)10-14-9-15(26(31)32)11-18(20(14)28)33-4-2/h5-11,28H,3-4,12H2,1-2H3,(H,23,27)(H,24,30)/b17-10+. The highest BCUT2D eigenvalue weighted by molar-refractivity contribution is 6.16. The van der Waals surface area contributed by atoms with Crippen molar-refractivity contribution in [2.24, 2.45) is 0 Å². The van der Waals surface area contributed by atoms with Crippen molar-refractivity contribution in [1.82, 2.24) is 10.2 Å². The second-order valence-corrected chi connectivity index (χ2v) is 7.01. The number of para-hydroxylation sites is 1. The quantitative estimate of drug-likeness (QED) is 0.240. The van der Waals surface area contributed by atoms with Crippen LogP contribution in [-0.2, 0) is 16.0 Å². The largest absolute Gasteiger partial charge is 0.504 e. The number of imide groups is 1. The molecule has 0 aromatic heterocycles. The van der Waals surface area contributed by atoms with Gasteiger partial charge in [-0.25, -0.2) is 9.69 Å². The van der Waals surface area contributed by atoms with Crippen LogP contribution in [0.15, 0.2) is 42.1 Å². The minimum atomic E-state index is -0.833. The first kappa shape index (κ1) is 23.3. The van der Waals surface area contributed by atoms with Gasteiger partial charge in [-0.15, -0.1) is 0 Å². The maximum atomic E-state index is 12.7. The summed E-state index contributed by atoms with van der Waals surface area (Å²) in [6.45, 7) is 3.17. The highest BCUT2D eigenvalue weighted by Gasteiger charge is 2.35. The number of ether oxygens (including phenoxy) is 1. The molecule has 0 bridgehead atoms. The molecule has 172 valence electrons. The Morgan fingerprint density at radius 1 is 1.27 bits per heavy atom. The number of carbonyl (C=O) groups is 3. The van der Waals surface area contributed by atoms with Crippen LogP contribution in [0, 0.1) is 10.1 Å². The molecule has 33 heavy (non-hydrogen) atoms. The number of nitrogens with one attached hydrogen (secondary N) is 2. The number of nitrogens with zero attached hydrogens (tertiary/aromatic N) is 2. The Labute approximate surface area is 188 Å². The fraction of sp³-hybridized carbons (Fsp3) is 0.227. The van der Waals surface area contributed by atoms with Gasteiger partial charge in [-0.1, -0.05) is 25.1 Å². The summed E-state index contributed by atoms with van der Waals surface area (Å²) < 4.78 is 5.21. The fourth-order valence-electron chi connectivity index (χ4n) is 3.25. The SMILES string of the molecule is CCOc1cc([N+](=O)[O-])cc(/C=C2/NC(=O)N(CC(=O)Nc3ccccc3CC)C2=O)c1O. The van der Waals surface area contributed by atoms with Crippen molar-refractivity contribution in [2.45, 2.75) is 20.3 Å². The molecule has 1 aliphatic rings. The molecule has 2 aromatic rings. The van der Waals surface area contributed by atoms with Crippen LogP contribution in [-0.4, -0.2) is 45.9 Å². The summed E-state index contributed by atoms with van der Waals surface area (Å²) in [6.07, 6.45) is 1.78. The smallest absolute Gasteiger partial charge is 0.329 e. The van der Waals surface area contributed by atoms with E-state index in [4.69, 9.17) is 4.74 Å². The van der Waals surface area contributed by atoms with Crippen molar-refractivity contribution < 1.29 is 29.2 Å². The number of nitro groups is 1. The molecule has 0 spiro atoms. The first-order valence-electron chi connectivity index (χ1n) is 10.1. The third kappa shape index (κ3) is 5.09. The van der Waals surface area contributed by atoms with E-state index in [9.17, 15) is 29.6 Å². The van der Waals surface area contributed by atoms with Crippen molar-refractivity contribution in [3.8, 4) is 11.5 Å². The Hall–Kier alpha value is -4.41. The third-order valence-corrected chi connectivity index (χ3v) is 4.84. The molecule has 3 rings (SSSR count). The van der Waals surface area contributed by atoms with Gasteiger partial charge in [-0.2, -0.15) is 0 Å². The Kier molecular flexibility index (Phi) is 6.91. The molecular weight excluding hydrogens is 432 g/mol. The van der Waals surface area contributed by atoms with Crippen molar-refractivity contribution in [1.29, 1.82) is 0 Å². The number of amides is 4. The van der Waals surface area contributed by atoms with Gasteiger partial charge in [0.15, 0.2) is 11.5 Å². The molecule has 11 nitrogen and oxygen atoms in total. The van der Waals surface area contributed by atoms with Gasteiger partial charge in [-0.3, -0.25) is 19.7 Å². The lowest BCUT2D eigenvalue weighted by Gasteiger charge is -2.13. The number of aryl methyl sites for hydroxylation is 1. The number of hydrogen-bond donors (Lipinski definition) is 3. The number of phenolic OH excluding ortho intramolecular Hbond substituents is 1. The van der Waals surface area contributed by atoms with E-state index in [2.05, 4.69) is 10.6 Å². The van der Waals surface area contributed by atoms with Crippen LogP contribution in [0.2, 0.25) is 0 Å². The summed E-state index contributed by atoms with van der Waals surface area (Å²) in [7, 11) is 0. The van der Waals surface area contributed by atoms with Gasteiger partial charge < -0.3 is 20.5 Å². The van der Waals surface area contributed by atoms with Crippen molar-refractivity contribution in [2.75, 3.05) is 18.5 Å². The number of anilines is 1. The van der Waals surface area contributed by atoms with Crippen molar-refractivity contribution in [3.63, 3.8) is 0 Å². The first-order valence-corrected chi connectivity index (χ1v) is 10.1. The number of aromatic hydroxyl groups is 1. The van der Waals surface area contributed by atoms with Crippen LogP contribution in [0.25, 0.3) is 6.08 Å². The van der Waals surface area contributed by atoms with Gasteiger partial charge in [0.25, 0.3) is 11.6 Å². The van der Waals surface area contributed by atoms with Crippen molar-refractivity contribution >= 4 is 35.3 Å². The molecule has 0 aliphatic carbocycles. The lowest BCUT2D eigenvalue weighted by atomic mass is 10.1. The van der Waals surface area contributed by atoms with E-state index in [-0.39, 0.29) is 29.3 Å². The van der Waals surface area contributed by atoms with E-state index >= 15 is 0 Å². The second-order valence-electron chi connectivity index (χ2n) is 7.01. The van der Waals surface area contributed by atoms with E-state index in [0.29, 0.717) is 17.0 Å². The Morgan fingerprint density at radius 3 is 2.67 bits per heavy atom. The minimum absolute atomic E-state index is 0.0977. The molecular formula is C22H22N4O7. The van der Waals surface area contributed by atoms with Gasteiger partial charge in [0.2, 0.25) is 5.91 Å². The summed E-state index contributed by atoms with van der Waals surface area (Å²) in [6, 6.07) is 8.43. The third-order valence-electron chi connectivity index (χ3n) is 4.84. The predicted octanol–water partition coefficient (Wildman–Crippen LogP) is 2.79. The second kappa shape index (κ2) is 9.81. The van der Waals surface area contributed by atoms with Gasteiger partial charge in [-0.05, 0) is 31.1 Å². The summed E-state index contributed by atoms with van der Waals surface area (Å²) in [5.74, 6) is -1.95. The predicted molar refractivity (Wildman–Crippen MR) is 119 cm³/mol. The topological polar surface area (TPSA) is 151 Å². The molecule has 1 saturated heterocycles. The molecule has 11 heteroatoms. The number of nitro benzene ring substituents is 1. The molecule has 0 radical (unpaired) electrons. The van der Waals surface area contributed by atoms with E-state index in [1.54, 1.807) is 19.1 Å². The summed E-state index contributed by atoms with van der Waals surface area (Å²) in [5.41, 5.74) is 0.762. The molecule has 3 N–H and O–H groups in total. The Morgan fingerprint density at radius 2 is 2.00 bits per heavy atom. The minimum Gasteiger partial charge on any atom is -0.504 e. The summed E-state index contributed by atoms with van der Waals surface area (Å²) >= 11 is 0. The summed E-state index contributed by atoms with van der Waals surface area (Å²) in [4.78, 5) is 48.7. The Balaban J connectivity index is 1.82. The highest BCUT2D eigenvalue weighted by atomic mass is 16.6. The molecule has 2 aromatic carbocycles. The van der Waals surface area contributed by atoms with Crippen LogP contribution >= 0.6 is 0 Å². The number of hydrogen-bond acceptors (Lipinski definition) is 7. The lowest BCUT2D eigenvalue weighted by molar-refractivity contribution is -0.385. The highest BCUT2D eigenvalue weighted by Crippen LogP contribution is 2.36. The maximum Gasteiger partial charge on any atom is 0.329 e. The van der Waals surface area contributed by atoms with E-state index in [1.165, 1.54) is 0 Å². The zero-order chi connectivity index (χ0) is 24.1. The number of benzene rings is 2.